The van der Waals surface area contributed by atoms with Gasteiger partial charge in [0.25, 0.3) is 0 Å². The van der Waals surface area contributed by atoms with Gasteiger partial charge in [-0.3, -0.25) is 0 Å². The summed E-state index contributed by atoms with van der Waals surface area (Å²) in [4.78, 5) is 10.8. The zero-order valence-corrected chi connectivity index (χ0v) is 7.07. The van der Waals surface area contributed by atoms with E-state index in [9.17, 15) is 15.0 Å². The Hall–Kier alpha value is -0.650. The van der Waals surface area contributed by atoms with Gasteiger partial charge in [-0.05, 0) is 14.0 Å². The number of cyclic esters (lactones) is 1. The molecule has 0 aliphatic carbocycles. The maximum atomic E-state index is 10.8. The van der Waals surface area contributed by atoms with Crippen LogP contribution in [0.3, 0.4) is 0 Å². The molecule has 0 radical (unpaired) electrons. The number of hydrogen-bond acceptors (Lipinski definition) is 5. The molecule has 0 aromatic rings. The molecule has 1 rings (SSSR count). The maximum absolute atomic E-state index is 10.8. The number of aliphatic hydroxyl groups is 2. The lowest BCUT2D eigenvalue weighted by Gasteiger charge is -2.38. The average molecular weight is 175 g/mol. The van der Waals surface area contributed by atoms with Gasteiger partial charge in [0.15, 0.2) is 6.10 Å². The van der Waals surface area contributed by atoms with E-state index in [0.717, 1.165) is 0 Å². The van der Waals surface area contributed by atoms with Gasteiger partial charge >= 0.3 is 5.97 Å². The van der Waals surface area contributed by atoms with Crippen molar-refractivity contribution in [3.63, 3.8) is 0 Å². The van der Waals surface area contributed by atoms with Crippen molar-refractivity contribution in [2.24, 2.45) is 0 Å². The lowest BCUT2D eigenvalue weighted by atomic mass is 9.90. The molecule has 12 heavy (non-hydrogen) atoms. The summed E-state index contributed by atoms with van der Waals surface area (Å²) in [5, 5.41) is 21.6. The zero-order valence-electron chi connectivity index (χ0n) is 7.07. The van der Waals surface area contributed by atoms with Crippen molar-refractivity contribution >= 4 is 5.97 Å². The molecule has 1 fully saturated rings. The van der Waals surface area contributed by atoms with E-state index >= 15 is 0 Å². The Bertz CT molecular complexity index is 192. The van der Waals surface area contributed by atoms with E-state index in [1.165, 1.54) is 6.92 Å². The van der Waals surface area contributed by atoms with Crippen LogP contribution in [0.2, 0.25) is 0 Å². The lowest BCUT2D eigenvalue weighted by molar-refractivity contribution is -0.184. The molecule has 70 valence electrons. The first kappa shape index (κ1) is 9.44. The molecular weight excluding hydrogens is 162 g/mol. The summed E-state index contributed by atoms with van der Waals surface area (Å²) in [6.45, 7) is 1.41. The Morgan fingerprint density at radius 1 is 1.75 bits per heavy atom. The topological polar surface area (TPSA) is 78.8 Å². The van der Waals surface area contributed by atoms with E-state index in [1.807, 2.05) is 0 Å². The predicted molar refractivity (Wildman–Crippen MR) is 40.4 cm³/mol. The second-order valence-electron chi connectivity index (χ2n) is 3.18. The van der Waals surface area contributed by atoms with Crippen molar-refractivity contribution in [1.82, 2.24) is 5.32 Å². The monoisotopic (exact) mass is 175 g/mol. The van der Waals surface area contributed by atoms with Crippen LogP contribution >= 0.6 is 0 Å². The number of nitrogens with one attached hydrogen (secondary N) is 1. The van der Waals surface area contributed by atoms with Crippen LogP contribution in [-0.2, 0) is 9.53 Å². The molecule has 0 saturated carbocycles. The molecule has 0 unspecified atom stereocenters. The first-order valence-corrected chi connectivity index (χ1v) is 3.73. The minimum Gasteiger partial charge on any atom is -0.461 e. The number of carbonyl (C=O) groups is 1. The number of rotatable bonds is 1. The van der Waals surface area contributed by atoms with E-state index in [0.29, 0.717) is 0 Å². The highest BCUT2D eigenvalue weighted by molar-refractivity contribution is 5.76. The molecule has 1 aliphatic rings. The van der Waals surface area contributed by atoms with Crippen molar-refractivity contribution in [2.45, 2.75) is 24.7 Å². The van der Waals surface area contributed by atoms with Crippen LogP contribution in [0.5, 0.6) is 0 Å². The van der Waals surface area contributed by atoms with Crippen LogP contribution in [0.1, 0.15) is 6.92 Å². The molecule has 1 saturated heterocycles. The highest BCUT2D eigenvalue weighted by Gasteiger charge is 2.45. The summed E-state index contributed by atoms with van der Waals surface area (Å²) in [7, 11) is 1.57. The van der Waals surface area contributed by atoms with Crippen molar-refractivity contribution < 1.29 is 19.7 Å². The number of hydrogen-bond donors (Lipinski definition) is 3. The molecule has 5 nitrogen and oxygen atoms in total. The minimum atomic E-state index is -1.29. The smallest absolute Gasteiger partial charge is 0.336 e. The SMILES string of the molecule is CN[C@@H]1[C@@H](O)C(=O)OC[C@]1(C)O. The number of likely N-dealkylation sites (N-methyl/N-ethyl adjacent to an activating group) is 1. The van der Waals surface area contributed by atoms with Crippen LogP contribution in [-0.4, -0.2) is 47.6 Å². The molecule has 3 N–H and O–H groups in total. The number of aliphatic hydroxyl groups excluding tert-OH is 1. The van der Waals surface area contributed by atoms with Crippen LogP contribution in [0.15, 0.2) is 0 Å². The molecule has 0 aromatic heterocycles. The van der Waals surface area contributed by atoms with Gasteiger partial charge < -0.3 is 20.3 Å². The normalized spacial score (nSPS) is 42.5. The van der Waals surface area contributed by atoms with Gasteiger partial charge in [-0.15, -0.1) is 0 Å². The van der Waals surface area contributed by atoms with Gasteiger partial charge in [0.1, 0.15) is 12.2 Å². The summed E-state index contributed by atoms with van der Waals surface area (Å²) in [6.07, 6.45) is -1.29. The quantitative estimate of drug-likeness (QED) is 0.412. The Morgan fingerprint density at radius 3 is 2.75 bits per heavy atom. The first-order valence-electron chi connectivity index (χ1n) is 3.73. The fraction of sp³-hybridized carbons (Fsp3) is 0.857. The maximum Gasteiger partial charge on any atom is 0.336 e. The van der Waals surface area contributed by atoms with Gasteiger partial charge in [-0.25, -0.2) is 4.79 Å². The second kappa shape index (κ2) is 3.01. The first-order chi connectivity index (χ1) is 5.49. The number of ether oxygens (including phenoxy) is 1. The number of esters is 1. The second-order valence-corrected chi connectivity index (χ2v) is 3.18. The zero-order chi connectivity index (χ0) is 9.35. The Balaban J connectivity index is 2.79. The highest BCUT2D eigenvalue weighted by atomic mass is 16.6. The van der Waals surface area contributed by atoms with Gasteiger partial charge in [-0.1, -0.05) is 0 Å². The van der Waals surface area contributed by atoms with Crippen molar-refractivity contribution in [1.29, 1.82) is 0 Å². The van der Waals surface area contributed by atoms with E-state index < -0.39 is 23.7 Å². The van der Waals surface area contributed by atoms with E-state index in [2.05, 4.69) is 10.1 Å². The van der Waals surface area contributed by atoms with Crippen LogP contribution in [0.4, 0.5) is 0 Å². The van der Waals surface area contributed by atoms with Crippen molar-refractivity contribution in [3.05, 3.63) is 0 Å². The third-order valence-corrected chi connectivity index (χ3v) is 2.04. The molecule has 5 heteroatoms. The van der Waals surface area contributed by atoms with Gasteiger partial charge in [0.05, 0.1) is 6.04 Å². The van der Waals surface area contributed by atoms with Gasteiger partial charge in [0.2, 0.25) is 0 Å². The molecule has 0 bridgehead atoms. The minimum absolute atomic E-state index is 0.0889. The van der Waals surface area contributed by atoms with Crippen LogP contribution in [0.25, 0.3) is 0 Å². The summed E-state index contributed by atoms with van der Waals surface area (Å²) >= 11 is 0. The summed E-state index contributed by atoms with van der Waals surface area (Å²) in [5.74, 6) is -0.694. The average Bonchev–Trinajstić information content (AvgIpc) is 1.99. The molecule has 0 amide bonds. The van der Waals surface area contributed by atoms with Gasteiger partial charge in [0, 0.05) is 0 Å². The van der Waals surface area contributed by atoms with E-state index in [1.54, 1.807) is 7.05 Å². The molecule has 3 atom stereocenters. The van der Waals surface area contributed by atoms with Crippen molar-refractivity contribution in [3.8, 4) is 0 Å². The van der Waals surface area contributed by atoms with Crippen molar-refractivity contribution in [2.75, 3.05) is 13.7 Å². The Morgan fingerprint density at radius 2 is 2.33 bits per heavy atom. The fourth-order valence-corrected chi connectivity index (χ4v) is 1.34. The summed E-state index contributed by atoms with van der Waals surface area (Å²) < 4.78 is 4.56. The third-order valence-electron chi connectivity index (χ3n) is 2.04. The Kier molecular flexibility index (Phi) is 2.36. The predicted octanol–water partition coefficient (Wildman–Crippen LogP) is -1.76. The molecule has 0 spiro atoms. The van der Waals surface area contributed by atoms with E-state index in [-0.39, 0.29) is 6.61 Å². The molecule has 1 heterocycles. The molecule has 1 aliphatic heterocycles. The van der Waals surface area contributed by atoms with Gasteiger partial charge in [-0.2, -0.15) is 0 Å². The molecular formula is C7H13NO4. The highest BCUT2D eigenvalue weighted by Crippen LogP contribution is 2.19. The third kappa shape index (κ3) is 1.43. The summed E-state index contributed by atoms with van der Waals surface area (Å²) in [6, 6.07) is -0.668. The fourth-order valence-electron chi connectivity index (χ4n) is 1.34. The van der Waals surface area contributed by atoms with Crippen LogP contribution in [0, 0.1) is 0 Å². The Labute approximate surface area is 70.3 Å². The standard InChI is InChI=1S/C7H13NO4/c1-7(11)3-12-6(10)4(9)5(7)8-2/h4-5,8-9,11H,3H2,1-2H3/t4-,5-,7+/m1/s1. The lowest BCUT2D eigenvalue weighted by Crippen LogP contribution is -2.63. The number of carbonyl (C=O) groups excluding carboxylic acids is 1. The van der Waals surface area contributed by atoms with Crippen LogP contribution < -0.4 is 5.32 Å². The largest absolute Gasteiger partial charge is 0.461 e. The van der Waals surface area contributed by atoms with E-state index in [4.69, 9.17) is 0 Å². The molecule has 0 aromatic carbocycles. The summed E-state index contributed by atoms with van der Waals surface area (Å²) in [5.41, 5.74) is -1.21.